The fourth-order valence-corrected chi connectivity index (χ4v) is 3.74. The minimum atomic E-state index is -0.366. The molecule has 0 aliphatic rings. The van der Waals surface area contributed by atoms with Gasteiger partial charge >= 0.3 is 6.01 Å². The topological polar surface area (TPSA) is 57.1 Å². The van der Waals surface area contributed by atoms with E-state index < -0.39 is 0 Å². The third kappa shape index (κ3) is 5.18. The third-order valence-corrected chi connectivity index (χ3v) is 5.48. The molecular formula is C25H21Cl2N3O2. The first-order valence-electron chi connectivity index (χ1n) is 10.0. The van der Waals surface area contributed by atoms with Gasteiger partial charge in [0.25, 0.3) is 0 Å². The summed E-state index contributed by atoms with van der Waals surface area (Å²) in [5.41, 5.74) is 2.83. The van der Waals surface area contributed by atoms with Crippen molar-refractivity contribution in [3.63, 3.8) is 0 Å². The molecule has 7 heteroatoms. The first kappa shape index (κ1) is 22.1. The van der Waals surface area contributed by atoms with Crippen LogP contribution in [0.5, 0.6) is 17.5 Å². The summed E-state index contributed by atoms with van der Waals surface area (Å²) < 4.78 is 11.9. The monoisotopic (exact) mass is 465 g/mol. The smallest absolute Gasteiger partial charge is 0.327 e. The summed E-state index contributed by atoms with van der Waals surface area (Å²) in [5.74, 6) is 1.42. The van der Waals surface area contributed by atoms with E-state index in [1.165, 1.54) is 0 Å². The van der Waals surface area contributed by atoms with Crippen molar-refractivity contribution in [1.29, 1.82) is 0 Å². The van der Waals surface area contributed by atoms with E-state index in [-0.39, 0.29) is 22.0 Å². The van der Waals surface area contributed by atoms with Crippen LogP contribution >= 0.6 is 23.2 Å². The average Bonchev–Trinajstić information content (AvgIpc) is 2.78. The lowest BCUT2D eigenvalue weighted by Gasteiger charge is -2.28. The van der Waals surface area contributed by atoms with Crippen molar-refractivity contribution in [1.82, 2.24) is 15.0 Å². The highest BCUT2D eigenvalue weighted by atomic mass is 35.5. The van der Waals surface area contributed by atoms with E-state index in [0.29, 0.717) is 12.4 Å². The summed E-state index contributed by atoms with van der Waals surface area (Å²) in [6, 6.07) is 25.9. The maximum absolute atomic E-state index is 5.93. The largest absolute Gasteiger partial charge is 0.489 e. The van der Waals surface area contributed by atoms with Gasteiger partial charge in [0, 0.05) is 11.0 Å². The number of para-hydroxylation sites is 1. The van der Waals surface area contributed by atoms with Gasteiger partial charge < -0.3 is 9.47 Å². The summed E-state index contributed by atoms with van der Waals surface area (Å²) in [4.78, 5) is 11.8. The van der Waals surface area contributed by atoms with Crippen molar-refractivity contribution >= 4 is 23.2 Å². The van der Waals surface area contributed by atoms with Crippen LogP contribution in [0.15, 0.2) is 78.9 Å². The van der Waals surface area contributed by atoms with Gasteiger partial charge in [-0.2, -0.15) is 15.0 Å². The quantitative estimate of drug-likeness (QED) is 0.297. The van der Waals surface area contributed by atoms with Crippen LogP contribution in [-0.2, 0) is 12.0 Å². The minimum Gasteiger partial charge on any atom is -0.489 e. The minimum absolute atomic E-state index is 0.0252. The van der Waals surface area contributed by atoms with Gasteiger partial charge in [0.1, 0.15) is 18.1 Å². The Morgan fingerprint density at radius 3 is 2.06 bits per heavy atom. The van der Waals surface area contributed by atoms with Gasteiger partial charge in [-0.15, -0.1) is 0 Å². The van der Waals surface area contributed by atoms with E-state index in [4.69, 9.17) is 32.7 Å². The Bertz CT molecular complexity index is 1180. The molecule has 162 valence electrons. The summed E-state index contributed by atoms with van der Waals surface area (Å²) >= 11 is 11.8. The average molecular weight is 466 g/mol. The second-order valence-electron chi connectivity index (χ2n) is 7.68. The Kier molecular flexibility index (Phi) is 6.58. The lowest BCUT2D eigenvalue weighted by atomic mass is 9.77. The Labute approximate surface area is 197 Å². The van der Waals surface area contributed by atoms with Crippen LogP contribution in [0.2, 0.25) is 10.6 Å². The molecule has 0 unspecified atom stereocenters. The molecule has 0 spiro atoms. The number of rotatable bonds is 7. The number of hydrogen-bond acceptors (Lipinski definition) is 5. The molecule has 1 heterocycles. The van der Waals surface area contributed by atoms with E-state index in [9.17, 15) is 0 Å². The van der Waals surface area contributed by atoms with Crippen molar-refractivity contribution in [3.05, 3.63) is 106 Å². The molecule has 1 aromatic heterocycles. The molecule has 32 heavy (non-hydrogen) atoms. The van der Waals surface area contributed by atoms with Crippen molar-refractivity contribution in [3.8, 4) is 17.5 Å². The molecule has 0 aliphatic carbocycles. The molecule has 4 aromatic rings. The SMILES string of the molecule is CC(C)(c1ccc(OCc2ccccc2)cc1)c1ccccc1Oc1nc(Cl)nc(Cl)n1. The van der Waals surface area contributed by atoms with Gasteiger partial charge in [0.2, 0.25) is 10.6 Å². The van der Waals surface area contributed by atoms with Crippen LogP contribution in [0.1, 0.15) is 30.5 Å². The third-order valence-electron chi connectivity index (χ3n) is 5.15. The summed E-state index contributed by atoms with van der Waals surface area (Å²) in [7, 11) is 0. The van der Waals surface area contributed by atoms with Crippen LogP contribution in [-0.4, -0.2) is 15.0 Å². The summed E-state index contributed by atoms with van der Waals surface area (Å²) in [6.07, 6.45) is 0. The maximum atomic E-state index is 5.93. The number of hydrogen-bond donors (Lipinski definition) is 0. The Hall–Kier alpha value is -3.15. The number of ether oxygens (including phenoxy) is 2. The van der Waals surface area contributed by atoms with Crippen LogP contribution in [0, 0.1) is 0 Å². The molecular weight excluding hydrogens is 445 g/mol. The predicted octanol–water partition coefficient (Wildman–Crippen LogP) is 6.88. The second-order valence-corrected chi connectivity index (χ2v) is 8.35. The van der Waals surface area contributed by atoms with E-state index in [1.54, 1.807) is 0 Å². The number of halogens is 2. The van der Waals surface area contributed by atoms with E-state index >= 15 is 0 Å². The molecule has 0 N–H and O–H groups in total. The Morgan fingerprint density at radius 1 is 0.750 bits per heavy atom. The molecule has 0 saturated heterocycles. The molecule has 0 aliphatic heterocycles. The van der Waals surface area contributed by atoms with Crippen LogP contribution < -0.4 is 9.47 Å². The molecule has 0 bridgehead atoms. The number of nitrogens with zero attached hydrogens (tertiary/aromatic N) is 3. The molecule has 0 amide bonds. The number of benzene rings is 3. The molecule has 0 saturated carbocycles. The fourth-order valence-electron chi connectivity index (χ4n) is 3.39. The zero-order valence-corrected chi connectivity index (χ0v) is 19.1. The maximum Gasteiger partial charge on any atom is 0.327 e. The van der Waals surface area contributed by atoms with Crippen LogP contribution in [0.4, 0.5) is 0 Å². The van der Waals surface area contributed by atoms with Gasteiger partial charge in [-0.3, -0.25) is 0 Å². The van der Waals surface area contributed by atoms with Gasteiger partial charge in [-0.25, -0.2) is 0 Å². The van der Waals surface area contributed by atoms with Gasteiger partial charge in [-0.1, -0.05) is 74.5 Å². The van der Waals surface area contributed by atoms with Crippen LogP contribution in [0.25, 0.3) is 0 Å². The van der Waals surface area contributed by atoms with Crippen molar-refractivity contribution < 1.29 is 9.47 Å². The van der Waals surface area contributed by atoms with E-state index in [2.05, 4.69) is 40.9 Å². The van der Waals surface area contributed by atoms with Gasteiger partial charge in [-0.05, 0) is 52.5 Å². The standard InChI is InChI=1S/C25H21Cl2N3O2/c1-25(2,18-12-14-19(15-13-18)31-16-17-8-4-3-5-9-17)20-10-6-7-11-21(20)32-24-29-22(26)28-23(27)30-24/h3-15H,16H2,1-2H3. The van der Waals surface area contributed by atoms with Crippen LogP contribution in [0.3, 0.4) is 0 Å². The summed E-state index contributed by atoms with van der Waals surface area (Å²) in [5, 5.41) is -0.0503. The highest BCUT2D eigenvalue weighted by molar-refractivity contribution is 6.31. The zero-order valence-electron chi connectivity index (χ0n) is 17.6. The van der Waals surface area contributed by atoms with E-state index in [1.807, 2.05) is 66.7 Å². The van der Waals surface area contributed by atoms with E-state index in [0.717, 1.165) is 22.4 Å². The molecule has 0 fully saturated rings. The molecule has 0 atom stereocenters. The molecule has 3 aromatic carbocycles. The van der Waals surface area contributed by atoms with Crippen molar-refractivity contribution in [2.45, 2.75) is 25.9 Å². The molecule has 4 rings (SSSR count). The summed E-state index contributed by atoms with van der Waals surface area (Å²) in [6.45, 7) is 4.78. The second kappa shape index (κ2) is 9.55. The zero-order chi connectivity index (χ0) is 22.6. The molecule has 5 nitrogen and oxygen atoms in total. The molecule has 0 radical (unpaired) electrons. The lowest BCUT2D eigenvalue weighted by Crippen LogP contribution is -2.20. The predicted molar refractivity (Wildman–Crippen MR) is 126 cm³/mol. The first-order chi connectivity index (χ1) is 15.4. The number of aromatic nitrogens is 3. The highest BCUT2D eigenvalue weighted by Gasteiger charge is 2.27. The fraction of sp³-hybridized carbons (Fsp3) is 0.160. The van der Waals surface area contributed by atoms with Crippen molar-refractivity contribution in [2.24, 2.45) is 0 Å². The Balaban J connectivity index is 1.55. The van der Waals surface area contributed by atoms with Gasteiger partial charge in [0.15, 0.2) is 0 Å². The van der Waals surface area contributed by atoms with Gasteiger partial charge in [0.05, 0.1) is 0 Å². The van der Waals surface area contributed by atoms with Crippen molar-refractivity contribution in [2.75, 3.05) is 0 Å². The first-order valence-corrected chi connectivity index (χ1v) is 10.8. The highest BCUT2D eigenvalue weighted by Crippen LogP contribution is 2.39. The lowest BCUT2D eigenvalue weighted by molar-refractivity contribution is 0.306. The normalized spacial score (nSPS) is 11.2. The Morgan fingerprint density at radius 2 is 1.38 bits per heavy atom.